The smallest absolute Gasteiger partial charge is 0.348 e. The van der Waals surface area contributed by atoms with Crippen molar-refractivity contribution >= 4 is 17.5 Å². The zero-order valence-corrected chi connectivity index (χ0v) is 19.4. The number of aryl methyl sites for hydroxylation is 1. The highest BCUT2D eigenvalue weighted by Crippen LogP contribution is 2.50. The first-order chi connectivity index (χ1) is 17.4. The lowest BCUT2D eigenvalue weighted by Gasteiger charge is -2.36. The Balaban J connectivity index is 1.67. The standard InChI is InChI=1S/C29H22N2O5/c1-17-11-13-19(14-12-17)29(35)24(23-26(33)20-9-5-6-10-21(20)36-28(23)34)22(27-30-15-16-31(27)29)25(32)18-7-3-2-4-8-18/h2-14,30,35H,15-16H2,1H3. The van der Waals surface area contributed by atoms with Crippen LogP contribution in [0.4, 0.5) is 0 Å². The van der Waals surface area contributed by atoms with E-state index in [1.54, 1.807) is 71.6 Å². The van der Waals surface area contributed by atoms with E-state index in [4.69, 9.17) is 4.74 Å². The van der Waals surface area contributed by atoms with Gasteiger partial charge < -0.3 is 20.1 Å². The molecule has 6 rings (SSSR count). The van der Waals surface area contributed by atoms with E-state index in [9.17, 15) is 19.5 Å². The molecule has 0 saturated carbocycles. The average molecular weight is 479 g/mol. The van der Waals surface area contributed by atoms with Gasteiger partial charge in [0.1, 0.15) is 17.1 Å². The van der Waals surface area contributed by atoms with Gasteiger partial charge in [-0.2, -0.15) is 0 Å². The molecule has 0 aliphatic carbocycles. The monoisotopic (exact) mass is 478 g/mol. The van der Waals surface area contributed by atoms with Crippen LogP contribution in [0.2, 0.25) is 0 Å². The Hall–Kier alpha value is -4.49. The fourth-order valence-electron chi connectivity index (χ4n) is 5.15. The summed E-state index contributed by atoms with van der Waals surface area (Å²) in [4.78, 5) is 42.7. The molecule has 3 aromatic rings. The topological polar surface area (TPSA) is 95.9 Å². The zero-order chi connectivity index (χ0) is 25.0. The number of fused-ring (bicyclic) bond motifs is 2. The van der Waals surface area contributed by atoms with E-state index < -0.39 is 23.3 Å². The normalized spacial score (nSPS) is 22.8. The van der Waals surface area contributed by atoms with Crippen molar-refractivity contribution < 1.29 is 24.2 Å². The molecule has 7 heteroatoms. The van der Waals surface area contributed by atoms with Gasteiger partial charge in [-0.05, 0) is 19.1 Å². The van der Waals surface area contributed by atoms with Crippen LogP contribution in [-0.2, 0) is 10.5 Å². The Morgan fingerprint density at radius 1 is 0.972 bits per heavy atom. The lowest BCUT2D eigenvalue weighted by atomic mass is 9.82. The number of para-hydroxylation sites is 1. The van der Waals surface area contributed by atoms with E-state index >= 15 is 0 Å². The Kier molecular flexibility index (Phi) is 4.91. The second-order valence-corrected chi connectivity index (χ2v) is 9.00. The summed E-state index contributed by atoms with van der Waals surface area (Å²) in [5.74, 6) is -1.37. The second kappa shape index (κ2) is 8.03. The summed E-state index contributed by atoms with van der Waals surface area (Å²) in [6.07, 6.45) is 0. The number of rotatable bonds is 3. The maximum atomic E-state index is 13.9. The third-order valence-corrected chi connectivity index (χ3v) is 6.86. The van der Waals surface area contributed by atoms with Gasteiger partial charge in [0.15, 0.2) is 11.5 Å². The van der Waals surface area contributed by atoms with Crippen molar-refractivity contribution in [3.63, 3.8) is 0 Å². The number of hydrogen-bond donors (Lipinski definition) is 2. The van der Waals surface area contributed by atoms with Crippen molar-refractivity contribution in [2.24, 2.45) is 0 Å². The Morgan fingerprint density at radius 3 is 2.42 bits per heavy atom. The number of carbonyl (C=O) groups excluding carboxylic acids is 3. The van der Waals surface area contributed by atoms with E-state index in [-0.39, 0.29) is 28.0 Å². The average Bonchev–Trinajstić information content (AvgIpc) is 3.46. The lowest BCUT2D eigenvalue weighted by molar-refractivity contribution is -0.130. The van der Waals surface area contributed by atoms with Crippen LogP contribution in [0.3, 0.4) is 0 Å². The first-order valence-electron chi connectivity index (χ1n) is 11.7. The van der Waals surface area contributed by atoms with E-state index in [0.29, 0.717) is 30.0 Å². The fourth-order valence-corrected chi connectivity index (χ4v) is 5.15. The van der Waals surface area contributed by atoms with Gasteiger partial charge in [-0.1, -0.05) is 72.3 Å². The molecule has 1 saturated heterocycles. The van der Waals surface area contributed by atoms with Gasteiger partial charge in [0.25, 0.3) is 0 Å². The van der Waals surface area contributed by atoms with Gasteiger partial charge >= 0.3 is 5.97 Å². The Bertz CT molecular complexity index is 1500. The molecule has 0 radical (unpaired) electrons. The lowest BCUT2D eigenvalue weighted by Crippen LogP contribution is -2.44. The number of aliphatic hydroxyl groups is 1. The molecule has 1 unspecified atom stereocenters. The predicted molar refractivity (Wildman–Crippen MR) is 131 cm³/mol. The summed E-state index contributed by atoms with van der Waals surface area (Å²) in [5, 5.41) is 15.7. The molecule has 3 aliphatic rings. The quantitative estimate of drug-likeness (QED) is 0.196. The number of esters is 1. The Labute approximate surface area is 207 Å². The molecule has 0 amide bonds. The number of nitrogens with zero attached hydrogens (tertiary/aromatic N) is 1. The van der Waals surface area contributed by atoms with Crippen molar-refractivity contribution in [3.05, 3.63) is 124 Å². The van der Waals surface area contributed by atoms with Crippen molar-refractivity contribution in [2.45, 2.75) is 12.6 Å². The van der Waals surface area contributed by atoms with Crippen LogP contribution in [0, 0.1) is 6.92 Å². The molecule has 36 heavy (non-hydrogen) atoms. The summed E-state index contributed by atoms with van der Waals surface area (Å²) in [6, 6.07) is 22.2. The molecule has 0 spiro atoms. The summed E-state index contributed by atoms with van der Waals surface area (Å²) < 4.78 is 5.53. The third-order valence-electron chi connectivity index (χ3n) is 6.86. The van der Waals surface area contributed by atoms with Crippen LogP contribution in [0.25, 0.3) is 0 Å². The fraction of sp³-hybridized carbons (Fsp3) is 0.138. The summed E-state index contributed by atoms with van der Waals surface area (Å²) in [7, 11) is 0. The van der Waals surface area contributed by atoms with Crippen LogP contribution < -0.4 is 10.1 Å². The van der Waals surface area contributed by atoms with Crippen LogP contribution in [0.5, 0.6) is 5.75 Å². The minimum atomic E-state index is -1.94. The minimum Gasteiger partial charge on any atom is -0.422 e. The van der Waals surface area contributed by atoms with Crippen molar-refractivity contribution in [1.29, 1.82) is 0 Å². The highest BCUT2D eigenvalue weighted by Gasteiger charge is 2.56. The molecule has 7 nitrogen and oxygen atoms in total. The van der Waals surface area contributed by atoms with Crippen molar-refractivity contribution in [2.75, 3.05) is 13.1 Å². The predicted octanol–water partition coefficient (Wildman–Crippen LogP) is 3.25. The molecule has 1 fully saturated rings. The second-order valence-electron chi connectivity index (χ2n) is 9.00. The zero-order valence-electron chi connectivity index (χ0n) is 19.4. The van der Waals surface area contributed by atoms with E-state index in [1.807, 2.05) is 19.1 Å². The van der Waals surface area contributed by atoms with Crippen LogP contribution >= 0.6 is 0 Å². The molecule has 3 aliphatic heterocycles. The SMILES string of the molecule is Cc1ccc(C2(O)C(=C3C(=O)Oc4ccccc4C3=O)C(C(=O)c3ccccc3)=C3NCCN32)cc1. The van der Waals surface area contributed by atoms with Gasteiger partial charge in [0.05, 0.1) is 11.1 Å². The van der Waals surface area contributed by atoms with Crippen molar-refractivity contribution in [3.8, 4) is 5.75 Å². The number of ketones is 2. The van der Waals surface area contributed by atoms with Crippen LogP contribution in [0.15, 0.2) is 101 Å². The number of benzene rings is 3. The number of hydrogen-bond acceptors (Lipinski definition) is 7. The van der Waals surface area contributed by atoms with Crippen LogP contribution in [0.1, 0.15) is 31.8 Å². The Morgan fingerprint density at radius 2 is 1.67 bits per heavy atom. The molecule has 178 valence electrons. The minimum absolute atomic E-state index is 0.0630. The molecule has 1 atom stereocenters. The maximum absolute atomic E-state index is 13.9. The van der Waals surface area contributed by atoms with E-state index in [0.717, 1.165) is 5.56 Å². The van der Waals surface area contributed by atoms with Gasteiger partial charge in [0, 0.05) is 29.8 Å². The number of Topliss-reactive ketones (excluding diaryl/α,β-unsaturated/α-hetero) is 2. The molecule has 2 N–H and O–H groups in total. The molecule has 0 bridgehead atoms. The summed E-state index contributed by atoms with van der Waals surface area (Å²) in [5.41, 5.74) is -0.285. The number of ether oxygens (including phenoxy) is 1. The highest BCUT2D eigenvalue weighted by atomic mass is 16.5. The van der Waals surface area contributed by atoms with Gasteiger partial charge in [-0.3, -0.25) is 9.59 Å². The van der Waals surface area contributed by atoms with E-state index in [2.05, 4.69) is 5.32 Å². The molecular weight excluding hydrogens is 456 g/mol. The third kappa shape index (κ3) is 3.06. The number of carbonyl (C=O) groups is 3. The van der Waals surface area contributed by atoms with Gasteiger partial charge in [0.2, 0.25) is 5.78 Å². The summed E-state index contributed by atoms with van der Waals surface area (Å²) in [6.45, 7) is 2.77. The van der Waals surface area contributed by atoms with Crippen LogP contribution in [-0.4, -0.2) is 40.6 Å². The summed E-state index contributed by atoms with van der Waals surface area (Å²) >= 11 is 0. The molecular formula is C29H22N2O5. The molecule has 3 heterocycles. The number of nitrogens with one attached hydrogen (secondary N) is 1. The molecule has 0 aromatic heterocycles. The van der Waals surface area contributed by atoms with Gasteiger partial charge in [-0.15, -0.1) is 0 Å². The van der Waals surface area contributed by atoms with E-state index in [1.165, 1.54) is 0 Å². The highest BCUT2D eigenvalue weighted by molar-refractivity contribution is 6.30. The largest absolute Gasteiger partial charge is 0.422 e. The van der Waals surface area contributed by atoms with Crippen molar-refractivity contribution in [1.82, 2.24) is 10.2 Å². The first kappa shape index (κ1) is 22.0. The van der Waals surface area contributed by atoms with Gasteiger partial charge in [-0.25, -0.2) is 4.79 Å². The first-order valence-corrected chi connectivity index (χ1v) is 11.7. The molecule has 3 aromatic carbocycles. The maximum Gasteiger partial charge on any atom is 0.348 e.